The molecule has 0 aliphatic heterocycles. The van der Waals surface area contributed by atoms with Crippen LogP contribution in [0.5, 0.6) is 0 Å². The van der Waals surface area contributed by atoms with Crippen LogP contribution < -0.4 is 5.32 Å². The molecule has 1 heterocycles. The Kier molecular flexibility index (Phi) is 4.70. The lowest BCUT2D eigenvalue weighted by molar-refractivity contribution is 0.0702. The molecular formula is C13H11ClINO2S. The molecule has 0 spiro atoms. The number of carboxylic acid groups (broad SMARTS) is 1. The molecule has 0 aliphatic rings. The van der Waals surface area contributed by atoms with Gasteiger partial charge in [-0.15, -0.1) is 11.3 Å². The second kappa shape index (κ2) is 6.11. The van der Waals surface area contributed by atoms with Gasteiger partial charge in [-0.25, -0.2) is 4.79 Å². The largest absolute Gasteiger partial charge is 0.477 e. The van der Waals surface area contributed by atoms with E-state index in [0.29, 0.717) is 16.4 Å². The molecule has 0 saturated carbocycles. The Balaban J connectivity index is 2.12. The lowest BCUT2D eigenvalue weighted by Crippen LogP contribution is -2.01. The maximum absolute atomic E-state index is 10.9. The summed E-state index contributed by atoms with van der Waals surface area (Å²) in [5.74, 6) is -0.875. The van der Waals surface area contributed by atoms with Crippen LogP contribution in [-0.4, -0.2) is 11.1 Å². The van der Waals surface area contributed by atoms with Crippen LogP contribution in [0.2, 0.25) is 5.02 Å². The molecule has 0 fully saturated rings. The van der Waals surface area contributed by atoms with E-state index in [1.54, 1.807) is 6.07 Å². The van der Waals surface area contributed by atoms with Crippen LogP contribution in [0.4, 0.5) is 5.69 Å². The van der Waals surface area contributed by atoms with Gasteiger partial charge in [0.15, 0.2) is 0 Å². The molecule has 2 N–H and O–H groups in total. The van der Waals surface area contributed by atoms with Crippen molar-refractivity contribution in [2.45, 2.75) is 13.5 Å². The maximum atomic E-state index is 10.9. The van der Waals surface area contributed by atoms with Gasteiger partial charge in [0.2, 0.25) is 0 Å². The van der Waals surface area contributed by atoms with Crippen molar-refractivity contribution in [2.24, 2.45) is 0 Å². The van der Waals surface area contributed by atoms with E-state index in [1.165, 1.54) is 11.3 Å². The van der Waals surface area contributed by atoms with Crippen molar-refractivity contribution in [3.63, 3.8) is 0 Å². The lowest BCUT2D eigenvalue weighted by Gasteiger charge is -2.08. The van der Waals surface area contributed by atoms with Crippen molar-refractivity contribution in [2.75, 3.05) is 5.32 Å². The summed E-state index contributed by atoms with van der Waals surface area (Å²) in [4.78, 5) is 12.3. The van der Waals surface area contributed by atoms with Gasteiger partial charge < -0.3 is 10.4 Å². The van der Waals surface area contributed by atoms with Crippen LogP contribution in [-0.2, 0) is 6.54 Å². The molecule has 0 aliphatic carbocycles. The third-order valence-electron chi connectivity index (χ3n) is 2.63. The Morgan fingerprint density at radius 1 is 1.47 bits per heavy atom. The number of hydrogen-bond donors (Lipinski definition) is 2. The van der Waals surface area contributed by atoms with Gasteiger partial charge in [0.05, 0.1) is 0 Å². The van der Waals surface area contributed by atoms with Gasteiger partial charge in [-0.2, -0.15) is 0 Å². The molecule has 1 aromatic carbocycles. The normalized spacial score (nSPS) is 10.5. The zero-order chi connectivity index (χ0) is 14.0. The molecule has 6 heteroatoms. The van der Waals surface area contributed by atoms with Gasteiger partial charge in [0.1, 0.15) is 4.88 Å². The quantitative estimate of drug-likeness (QED) is 0.727. The molecule has 1 aromatic heterocycles. The molecule has 0 unspecified atom stereocenters. The van der Waals surface area contributed by atoms with E-state index in [2.05, 4.69) is 27.9 Å². The SMILES string of the molecule is Cc1sc(C(=O)O)cc1CNc1ccc(Cl)cc1I. The molecule has 0 radical (unpaired) electrons. The minimum absolute atomic E-state index is 0.375. The molecule has 19 heavy (non-hydrogen) atoms. The Morgan fingerprint density at radius 3 is 2.79 bits per heavy atom. The molecule has 0 amide bonds. The third kappa shape index (κ3) is 3.61. The summed E-state index contributed by atoms with van der Waals surface area (Å²) in [6.07, 6.45) is 0. The summed E-state index contributed by atoms with van der Waals surface area (Å²) in [5, 5.41) is 13.0. The molecule has 3 nitrogen and oxygen atoms in total. The number of hydrogen-bond acceptors (Lipinski definition) is 3. The van der Waals surface area contributed by atoms with Crippen LogP contribution in [0.25, 0.3) is 0 Å². The van der Waals surface area contributed by atoms with E-state index < -0.39 is 5.97 Å². The Morgan fingerprint density at radius 2 is 2.21 bits per heavy atom. The lowest BCUT2D eigenvalue weighted by atomic mass is 10.2. The monoisotopic (exact) mass is 407 g/mol. The summed E-state index contributed by atoms with van der Waals surface area (Å²) in [6.45, 7) is 2.54. The minimum atomic E-state index is -0.875. The molecular weight excluding hydrogens is 397 g/mol. The van der Waals surface area contributed by atoms with Crippen LogP contribution >= 0.6 is 45.5 Å². The van der Waals surface area contributed by atoms with Crippen molar-refractivity contribution in [3.05, 3.63) is 48.2 Å². The fourth-order valence-electron chi connectivity index (χ4n) is 1.62. The van der Waals surface area contributed by atoms with Gasteiger partial charge in [0.25, 0.3) is 0 Å². The summed E-state index contributed by atoms with van der Waals surface area (Å²) in [6, 6.07) is 7.35. The van der Waals surface area contributed by atoms with Crippen molar-refractivity contribution in [3.8, 4) is 0 Å². The highest BCUT2D eigenvalue weighted by atomic mass is 127. The number of aryl methyl sites for hydroxylation is 1. The fourth-order valence-corrected chi connectivity index (χ4v) is 3.57. The summed E-state index contributed by atoms with van der Waals surface area (Å²) in [7, 11) is 0. The van der Waals surface area contributed by atoms with Crippen molar-refractivity contribution >= 4 is 57.2 Å². The zero-order valence-corrected chi connectivity index (χ0v) is 13.8. The van der Waals surface area contributed by atoms with Crippen LogP contribution in [0, 0.1) is 10.5 Å². The molecule has 0 saturated heterocycles. The maximum Gasteiger partial charge on any atom is 0.345 e. The first kappa shape index (κ1) is 14.6. The molecule has 2 rings (SSSR count). The second-order valence-corrected chi connectivity index (χ2v) is 6.83. The standard InChI is InChI=1S/C13H11ClINO2S/c1-7-8(4-12(19-7)13(17)18)6-16-11-3-2-9(14)5-10(11)15/h2-5,16H,6H2,1H3,(H,17,18). The average molecular weight is 408 g/mol. The number of aromatic carboxylic acids is 1. The first-order valence-corrected chi connectivity index (χ1v) is 7.76. The van der Waals surface area contributed by atoms with E-state index in [4.69, 9.17) is 16.7 Å². The van der Waals surface area contributed by atoms with E-state index >= 15 is 0 Å². The Bertz CT molecular complexity index is 627. The smallest absolute Gasteiger partial charge is 0.345 e. The number of thiophene rings is 1. The molecule has 0 bridgehead atoms. The Hall–Kier alpha value is -0.790. The summed E-state index contributed by atoms with van der Waals surface area (Å²) in [5.41, 5.74) is 2.00. The summed E-state index contributed by atoms with van der Waals surface area (Å²) < 4.78 is 1.04. The Labute approximate surface area is 133 Å². The van der Waals surface area contributed by atoms with E-state index in [1.807, 2.05) is 25.1 Å². The summed E-state index contributed by atoms with van der Waals surface area (Å²) >= 11 is 9.42. The van der Waals surface area contributed by atoms with Gasteiger partial charge >= 0.3 is 5.97 Å². The van der Waals surface area contributed by atoms with Gasteiger partial charge in [-0.1, -0.05) is 11.6 Å². The highest BCUT2D eigenvalue weighted by Gasteiger charge is 2.11. The first-order valence-electron chi connectivity index (χ1n) is 5.49. The van der Waals surface area contributed by atoms with Gasteiger partial charge in [-0.05, 0) is 59.3 Å². The fraction of sp³-hybridized carbons (Fsp3) is 0.154. The van der Waals surface area contributed by atoms with Crippen LogP contribution in [0.15, 0.2) is 24.3 Å². The second-order valence-electron chi connectivity index (χ2n) is 3.97. The van der Waals surface area contributed by atoms with E-state index in [-0.39, 0.29) is 0 Å². The predicted molar refractivity (Wildman–Crippen MR) is 87.5 cm³/mol. The van der Waals surface area contributed by atoms with E-state index in [9.17, 15) is 4.79 Å². The first-order chi connectivity index (χ1) is 8.97. The molecule has 100 valence electrons. The number of benzene rings is 1. The molecule has 2 aromatic rings. The number of anilines is 1. The van der Waals surface area contributed by atoms with E-state index in [0.717, 1.165) is 19.7 Å². The van der Waals surface area contributed by atoms with Crippen molar-refractivity contribution in [1.29, 1.82) is 0 Å². The third-order valence-corrected chi connectivity index (χ3v) is 4.84. The number of carboxylic acids is 1. The van der Waals surface area contributed by atoms with Gasteiger partial charge in [-0.3, -0.25) is 0 Å². The number of nitrogens with one attached hydrogen (secondary N) is 1. The number of halogens is 2. The molecule has 0 atom stereocenters. The number of carbonyl (C=O) groups is 1. The highest BCUT2D eigenvalue weighted by Crippen LogP contribution is 2.25. The average Bonchev–Trinajstić information content (AvgIpc) is 2.70. The van der Waals surface area contributed by atoms with Crippen molar-refractivity contribution < 1.29 is 9.90 Å². The van der Waals surface area contributed by atoms with Crippen molar-refractivity contribution in [1.82, 2.24) is 0 Å². The highest BCUT2D eigenvalue weighted by molar-refractivity contribution is 14.1. The minimum Gasteiger partial charge on any atom is -0.477 e. The van der Waals surface area contributed by atoms with Crippen LogP contribution in [0.1, 0.15) is 20.1 Å². The predicted octanol–water partition coefficient (Wildman–Crippen LogP) is 4.62. The number of rotatable bonds is 4. The topological polar surface area (TPSA) is 49.3 Å². The zero-order valence-electron chi connectivity index (χ0n) is 10.0. The van der Waals surface area contributed by atoms with Crippen LogP contribution in [0.3, 0.4) is 0 Å². The van der Waals surface area contributed by atoms with Gasteiger partial charge in [0, 0.05) is 25.7 Å².